The maximum absolute atomic E-state index is 5.74. The summed E-state index contributed by atoms with van der Waals surface area (Å²) in [7, 11) is 0. The van der Waals surface area contributed by atoms with Gasteiger partial charge in [-0.05, 0) is 25.5 Å². The van der Waals surface area contributed by atoms with Crippen molar-refractivity contribution in [3.8, 4) is 5.88 Å². The molecule has 0 spiro atoms. The molecule has 0 saturated carbocycles. The van der Waals surface area contributed by atoms with Gasteiger partial charge in [-0.3, -0.25) is 0 Å². The lowest BCUT2D eigenvalue weighted by molar-refractivity contribution is 0.0304. The van der Waals surface area contributed by atoms with Crippen molar-refractivity contribution >= 4 is 0 Å². The fourth-order valence-corrected chi connectivity index (χ4v) is 1.37. The summed E-state index contributed by atoms with van der Waals surface area (Å²) in [5.74, 6) is 0.726. The molecule has 0 aromatic carbocycles. The van der Waals surface area contributed by atoms with Crippen molar-refractivity contribution in [2.45, 2.75) is 19.4 Å². The van der Waals surface area contributed by atoms with Gasteiger partial charge in [0.2, 0.25) is 5.88 Å². The van der Waals surface area contributed by atoms with Gasteiger partial charge in [-0.25, -0.2) is 4.98 Å². The Hall–Kier alpha value is -1.09. The number of hydrogen-bond acceptors (Lipinski definition) is 3. The summed E-state index contributed by atoms with van der Waals surface area (Å²) in [6, 6.07) is 3.93. The molecule has 0 unspecified atom stereocenters. The Kier molecular flexibility index (Phi) is 1.96. The van der Waals surface area contributed by atoms with Crippen molar-refractivity contribution in [2.24, 2.45) is 0 Å². The molecule has 1 saturated heterocycles. The number of nitrogens with one attached hydrogen (secondary N) is 1. The zero-order valence-corrected chi connectivity index (χ0v) is 8.00. The van der Waals surface area contributed by atoms with Gasteiger partial charge in [-0.2, -0.15) is 0 Å². The molecule has 70 valence electrons. The second-order valence-electron chi connectivity index (χ2n) is 3.83. The van der Waals surface area contributed by atoms with Crippen LogP contribution in [0.15, 0.2) is 18.3 Å². The summed E-state index contributed by atoms with van der Waals surface area (Å²) < 4.78 is 5.74. The summed E-state index contributed by atoms with van der Waals surface area (Å²) in [4.78, 5) is 4.16. The van der Waals surface area contributed by atoms with E-state index in [4.69, 9.17) is 4.74 Å². The molecule has 0 amide bonds. The van der Waals surface area contributed by atoms with E-state index in [1.807, 2.05) is 19.1 Å². The Morgan fingerprint density at radius 3 is 2.85 bits per heavy atom. The van der Waals surface area contributed by atoms with Crippen LogP contribution in [0.5, 0.6) is 5.88 Å². The average molecular weight is 178 g/mol. The number of nitrogens with zero attached hydrogens (tertiary/aromatic N) is 1. The number of aryl methyl sites for hydroxylation is 1. The molecule has 1 fully saturated rings. The molecule has 0 atom stereocenters. The van der Waals surface area contributed by atoms with Crippen LogP contribution in [-0.2, 0) is 0 Å². The van der Waals surface area contributed by atoms with Crippen molar-refractivity contribution in [1.82, 2.24) is 10.3 Å². The first kappa shape index (κ1) is 8.51. The lowest BCUT2D eigenvalue weighted by Crippen LogP contribution is -2.61. The highest BCUT2D eigenvalue weighted by Crippen LogP contribution is 2.19. The highest BCUT2D eigenvalue weighted by atomic mass is 16.5. The zero-order chi connectivity index (χ0) is 9.31. The lowest BCUT2D eigenvalue weighted by atomic mass is 10.0. The van der Waals surface area contributed by atoms with Crippen molar-refractivity contribution < 1.29 is 4.74 Å². The van der Waals surface area contributed by atoms with Crippen LogP contribution in [0.25, 0.3) is 0 Å². The van der Waals surface area contributed by atoms with Crippen molar-refractivity contribution in [3.63, 3.8) is 0 Å². The van der Waals surface area contributed by atoms with Crippen LogP contribution in [-0.4, -0.2) is 23.7 Å². The first-order valence-corrected chi connectivity index (χ1v) is 4.50. The molecule has 0 radical (unpaired) electrons. The minimum absolute atomic E-state index is 0.0548. The molecule has 3 nitrogen and oxygen atoms in total. The number of rotatable bonds is 2. The van der Waals surface area contributed by atoms with Crippen LogP contribution in [0.3, 0.4) is 0 Å². The van der Waals surface area contributed by atoms with E-state index in [1.54, 1.807) is 6.20 Å². The van der Waals surface area contributed by atoms with E-state index < -0.39 is 0 Å². The Morgan fingerprint density at radius 2 is 2.31 bits per heavy atom. The van der Waals surface area contributed by atoms with E-state index in [0.29, 0.717) is 0 Å². The van der Waals surface area contributed by atoms with Crippen LogP contribution in [0.4, 0.5) is 0 Å². The number of hydrogen-bond donors (Lipinski definition) is 1. The molecule has 0 aliphatic carbocycles. The van der Waals surface area contributed by atoms with Gasteiger partial charge in [-0.1, -0.05) is 0 Å². The fourth-order valence-electron chi connectivity index (χ4n) is 1.37. The van der Waals surface area contributed by atoms with Gasteiger partial charge in [0.25, 0.3) is 0 Å². The van der Waals surface area contributed by atoms with Gasteiger partial charge < -0.3 is 10.1 Å². The van der Waals surface area contributed by atoms with Gasteiger partial charge in [0, 0.05) is 25.4 Å². The third kappa shape index (κ3) is 1.80. The molecule has 0 bridgehead atoms. The molecule has 1 aromatic rings. The summed E-state index contributed by atoms with van der Waals surface area (Å²) in [5.41, 5.74) is 1.13. The SMILES string of the molecule is Cc1ccnc(OC2(C)CNC2)c1. The van der Waals surface area contributed by atoms with E-state index in [9.17, 15) is 0 Å². The zero-order valence-electron chi connectivity index (χ0n) is 8.00. The maximum Gasteiger partial charge on any atom is 0.214 e. The largest absolute Gasteiger partial charge is 0.469 e. The summed E-state index contributed by atoms with van der Waals surface area (Å²) in [5, 5.41) is 3.18. The Morgan fingerprint density at radius 1 is 1.54 bits per heavy atom. The molecule has 1 aliphatic heterocycles. The van der Waals surface area contributed by atoms with Gasteiger partial charge in [0.05, 0.1) is 0 Å². The molecule has 13 heavy (non-hydrogen) atoms. The lowest BCUT2D eigenvalue weighted by Gasteiger charge is -2.38. The minimum Gasteiger partial charge on any atom is -0.469 e. The summed E-state index contributed by atoms with van der Waals surface area (Å²) >= 11 is 0. The highest BCUT2D eigenvalue weighted by molar-refractivity contribution is 5.20. The van der Waals surface area contributed by atoms with Gasteiger partial charge >= 0.3 is 0 Å². The highest BCUT2D eigenvalue weighted by Gasteiger charge is 2.34. The number of ether oxygens (including phenoxy) is 1. The molecular weight excluding hydrogens is 164 g/mol. The van der Waals surface area contributed by atoms with Crippen LogP contribution in [0.1, 0.15) is 12.5 Å². The van der Waals surface area contributed by atoms with Crippen molar-refractivity contribution in [2.75, 3.05) is 13.1 Å². The van der Waals surface area contributed by atoms with E-state index in [1.165, 1.54) is 5.56 Å². The van der Waals surface area contributed by atoms with E-state index in [-0.39, 0.29) is 5.60 Å². The van der Waals surface area contributed by atoms with Gasteiger partial charge in [0.15, 0.2) is 0 Å². The van der Waals surface area contributed by atoms with Crippen LogP contribution in [0, 0.1) is 6.92 Å². The monoisotopic (exact) mass is 178 g/mol. The van der Waals surface area contributed by atoms with E-state index >= 15 is 0 Å². The molecule has 3 heteroatoms. The van der Waals surface area contributed by atoms with Crippen molar-refractivity contribution in [1.29, 1.82) is 0 Å². The summed E-state index contributed by atoms with van der Waals surface area (Å²) in [6.07, 6.45) is 1.78. The standard InChI is InChI=1S/C10H14N2O/c1-8-3-4-12-9(5-8)13-10(2)6-11-7-10/h3-5,11H,6-7H2,1-2H3. The average Bonchev–Trinajstić information content (AvgIpc) is 2.01. The first-order chi connectivity index (χ1) is 6.18. The van der Waals surface area contributed by atoms with Crippen LogP contribution < -0.4 is 10.1 Å². The van der Waals surface area contributed by atoms with E-state index in [2.05, 4.69) is 17.2 Å². The van der Waals surface area contributed by atoms with Gasteiger partial charge in [0.1, 0.15) is 5.60 Å². The second kappa shape index (κ2) is 3.00. The third-order valence-corrected chi connectivity index (χ3v) is 2.24. The van der Waals surface area contributed by atoms with Gasteiger partial charge in [-0.15, -0.1) is 0 Å². The topological polar surface area (TPSA) is 34.1 Å². The predicted octanol–water partition coefficient (Wildman–Crippen LogP) is 1.13. The third-order valence-electron chi connectivity index (χ3n) is 2.24. The number of aromatic nitrogens is 1. The Balaban J connectivity index is 2.09. The number of pyridine rings is 1. The second-order valence-corrected chi connectivity index (χ2v) is 3.83. The Labute approximate surface area is 78.1 Å². The molecule has 1 N–H and O–H groups in total. The first-order valence-electron chi connectivity index (χ1n) is 4.50. The van der Waals surface area contributed by atoms with Crippen molar-refractivity contribution in [3.05, 3.63) is 23.9 Å². The molecule has 2 heterocycles. The molecule has 1 aliphatic rings. The fraction of sp³-hybridized carbons (Fsp3) is 0.500. The molecule has 2 rings (SSSR count). The minimum atomic E-state index is -0.0548. The smallest absolute Gasteiger partial charge is 0.214 e. The Bertz CT molecular complexity index is 308. The molecule has 1 aromatic heterocycles. The maximum atomic E-state index is 5.74. The van der Waals surface area contributed by atoms with Crippen LogP contribution >= 0.6 is 0 Å². The van der Waals surface area contributed by atoms with E-state index in [0.717, 1.165) is 19.0 Å². The quantitative estimate of drug-likeness (QED) is 0.737. The predicted molar refractivity (Wildman–Crippen MR) is 50.9 cm³/mol. The van der Waals surface area contributed by atoms with Crippen LogP contribution in [0.2, 0.25) is 0 Å². The normalized spacial score (nSPS) is 19.2. The summed E-state index contributed by atoms with van der Waals surface area (Å²) in [6.45, 7) is 5.94. The molecular formula is C10H14N2O.